The van der Waals surface area contributed by atoms with E-state index in [1.807, 2.05) is 49.4 Å². The van der Waals surface area contributed by atoms with E-state index in [1.54, 1.807) is 24.1 Å². The van der Waals surface area contributed by atoms with Gasteiger partial charge in [-0.1, -0.05) is 54.6 Å². The SMILES string of the molecule is CN(C(=O)c1ccccc1)[C@@H]1C[C@H]2O[C@@](C)([C@@H]1O)n1c3ccccc3c3c4c(c5c6ccccc6n2c5c31)C(=O)NC4. The molecule has 6 aromatic rings. The summed E-state index contributed by atoms with van der Waals surface area (Å²) in [4.78, 5) is 28.9. The fourth-order valence-electron chi connectivity index (χ4n) is 7.97. The molecule has 8 heteroatoms. The van der Waals surface area contributed by atoms with E-state index in [0.29, 0.717) is 24.1 Å². The van der Waals surface area contributed by atoms with Gasteiger partial charge in [-0.3, -0.25) is 9.59 Å². The second-order valence-corrected chi connectivity index (χ2v) is 11.9. The summed E-state index contributed by atoms with van der Waals surface area (Å²) < 4.78 is 11.3. The number of fused-ring (bicyclic) bond motifs is 13. The lowest BCUT2D eigenvalue weighted by atomic mass is 9.91. The van der Waals surface area contributed by atoms with Crippen LogP contribution in [0, 0.1) is 0 Å². The van der Waals surface area contributed by atoms with Crippen LogP contribution in [0.2, 0.25) is 0 Å². The highest BCUT2D eigenvalue weighted by Crippen LogP contribution is 2.53. The zero-order valence-electron chi connectivity index (χ0n) is 23.2. The van der Waals surface area contributed by atoms with Gasteiger partial charge in [0.05, 0.1) is 33.7 Å². The molecule has 0 aliphatic carbocycles. The number of aliphatic hydroxyl groups is 1. The molecule has 0 radical (unpaired) electrons. The maximum atomic E-state index is 13.7. The zero-order valence-corrected chi connectivity index (χ0v) is 23.2. The molecule has 0 saturated carbocycles. The number of nitrogens with one attached hydrogen (secondary N) is 1. The van der Waals surface area contributed by atoms with Crippen LogP contribution >= 0.6 is 0 Å². The summed E-state index contributed by atoms with van der Waals surface area (Å²) in [5.74, 6) is -0.225. The summed E-state index contributed by atoms with van der Waals surface area (Å²) in [6.07, 6.45) is -1.15. The third-order valence-corrected chi connectivity index (χ3v) is 9.82. The molecule has 1 saturated heterocycles. The Kier molecular flexibility index (Phi) is 4.57. The van der Waals surface area contributed by atoms with Gasteiger partial charge in [0.25, 0.3) is 11.8 Å². The number of ether oxygens (including phenoxy) is 1. The number of para-hydroxylation sites is 2. The molecule has 2 aromatic heterocycles. The lowest BCUT2D eigenvalue weighted by Crippen LogP contribution is -2.60. The van der Waals surface area contributed by atoms with Crippen molar-refractivity contribution < 1.29 is 19.4 Å². The Balaban J connectivity index is 1.42. The third-order valence-electron chi connectivity index (χ3n) is 9.82. The van der Waals surface area contributed by atoms with Crippen LogP contribution in [-0.2, 0) is 17.0 Å². The number of carbonyl (C=O) groups is 2. The number of rotatable bonds is 2. The quantitative estimate of drug-likeness (QED) is 0.305. The van der Waals surface area contributed by atoms with E-state index in [-0.39, 0.29) is 11.8 Å². The Bertz CT molecular complexity index is 2160. The molecule has 4 aromatic carbocycles. The van der Waals surface area contributed by atoms with Crippen molar-refractivity contribution in [2.75, 3.05) is 7.05 Å². The number of aromatic nitrogens is 2. The fourth-order valence-corrected chi connectivity index (χ4v) is 7.97. The van der Waals surface area contributed by atoms with Crippen LogP contribution in [0.25, 0.3) is 43.6 Å². The number of carbonyl (C=O) groups excluding carboxylic acids is 2. The molecule has 0 spiro atoms. The number of benzene rings is 4. The molecule has 0 unspecified atom stereocenters. The molecule has 3 aliphatic rings. The van der Waals surface area contributed by atoms with Gasteiger partial charge < -0.3 is 29.2 Å². The number of nitrogens with zero attached hydrogens (tertiary/aromatic N) is 3. The van der Waals surface area contributed by atoms with Gasteiger partial charge in [0, 0.05) is 47.1 Å². The van der Waals surface area contributed by atoms with E-state index >= 15 is 0 Å². The van der Waals surface area contributed by atoms with Crippen LogP contribution in [0.4, 0.5) is 0 Å². The summed E-state index contributed by atoms with van der Waals surface area (Å²) in [5, 5.41) is 19.3. The predicted molar refractivity (Wildman–Crippen MR) is 160 cm³/mol. The molecule has 5 heterocycles. The van der Waals surface area contributed by atoms with Crippen LogP contribution in [0.1, 0.15) is 45.9 Å². The third kappa shape index (κ3) is 2.74. The van der Waals surface area contributed by atoms with E-state index in [0.717, 1.165) is 49.2 Å². The van der Waals surface area contributed by atoms with Crippen LogP contribution < -0.4 is 5.32 Å². The summed E-state index contributed by atoms with van der Waals surface area (Å²) >= 11 is 0. The Labute approximate surface area is 240 Å². The van der Waals surface area contributed by atoms with Crippen LogP contribution in [0.5, 0.6) is 0 Å². The molecule has 1 fully saturated rings. The van der Waals surface area contributed by atoms with Gasteiger partial charge in [0.1, 0.15) is 12.3 Å². The molecule has 3 aliphatic heterocycles. The Morgan fingerprint density at radius 1 is 0.952 bits per heavy atom. The number of hydrogen-bond donors (Lipinski definition) is 2. The predicted octanol–water partition coefficient (Wildman–Crippen LogP) is 5.25. The van der Waals surface area contributed by atoms with Crippen molar-refractivity contribution in [3.05, 3.63) is 95.6 Å². The Morgan fingerprint density at radius 3 is 2.38 bits per heavy atom. The van der Waals surface area contributed by atoms with Crippen molar-refractivity contribution in [2.45, 2.75) is 44.0 Å². The van der Waals surface area contributed by atoms with Gasteiger partial charge in [-0.25, -0.2) is 0 Å². The standard InChI is InChI=1S/C34H28N4O4/c1-34-31(39)24(36(2)33(41)18-10-4-3-5-11-18)16-25(42-34)37-22-14-8-6-12-19(22)27-28-21(17-35-32(28)40)26-20-13-7-9-15-23(20)38(34)30(26)29(27)37/h3-15,24-25,31,39H,16-17H2,1-2H3,(H,35,40)/t24-,25-,31-,34+/m1/s1. The van der Waals surface area contributed by atoms with Crippen molar-refractivity contribution in [1.29, 1.82) is 0 Å². The van der Waals surface area contributed by atoms with Gasteiger partial charge >= 0.3 is 0 Å². The molecule has 208 valence electrons. The molecule has 2 N–H and O–H groups in total. The minimum atomic E-state index is -1.21. The van der Waals surface area contributed by atoms with Crippen molar-refractivity contribution in [3.8, 4) is 0 Å². The maximum absolute atomic E-state index is 13.7. The van der Waals surface area contributed by atoms with Gasteiger partial charge in [-0.15, -0.1) is 0 Å². The fraction of sp³-hybridized carbons (Fsp3) is 0.235. The molecule has 4 atom stereocenters. The second-order valence-electron chi connectivity index (χ2n) is 11.9. The van der Waals surface area contributed by atoms with Crippen molar-refractivity contribution >= 4 is 55.4 Å². The Hall–Kier alpha value is -4.66. The van der Waals surface area contributed by atoms with E-state index in [9.17, 15) is 14.7 Å². The highest BCUT2D eigenvalue weighted by Gasteiger charge is 2.54. The first-order valence-corrected chi connectivity index (χ1v) is 14.4. The number of hydrogen-bond acceptors (Lipinski definition) is 4. The molecule has 2 bridgehead atoms. The summed E-state index contributed by atoms with van der Waals surface area (Å²) in [6.45, 7) is 2.37. The van der Waals surface area contributed by atoms with Crippen LogP contribution in [0.3, 0.4) is 0 Å². The summed E-state index contributed by atoms with van der Waals surface area (Å²) in [7, 11) is 1.77. The lowest BCUT2D eigenvalue weighted by Gasteiger charge is -2.49. The van der Waals surface area contributed by atoms with Crippen LogP contribution in [-0.4, -0.2) is 50.1 Å². The molecule has 8 nitrogen and oxygen atoms in total. The van der Waals surface area contributed by atoms with E-state index < -0.39 is 24.1 Å². The normalized spacial score (nSPS) is 24.5. The van der Waals surface area contributed by atoms with E-state index in [4.69, 9.17) is 4.74 Å². The first kappa shape index (κ1) is 24.0. The minimum Gasteiger partial charge on any atom is -0.386 e. The van der Waals surface area contributed by atoms with E-state index in [1.165, 1.54) is 0 Å². The van der Waals surface area contributed by atoms with E-state index in [2.05, 4.69) is 38.7 Å². The smallest absolute Gasteiger partial charge is 0.253 e. The van der Waals surface area contributed by atoms with Gasteiger partial charge in [-0.2, -0.15) is 0 Å². The van der Waals surface area contributed by atoms with Gasteiger partial charge in [0.15, 0.2) is 5.72 Å². The average molecular weight is 557 g/mol. The summed E-state index contributed by atoms with van der Waals surface area (Å²) in [6, 6.07) is 24.9. The van der Waals surface area contributed by atoms with Crippen molar-refractivity contribution in [3.63, 3.8) is 0 Å². The largest absolute Gasteiger partial charge is 0.386 e. The number of aliphatic hydroxyl groups excluding tert-OH is 1. The Morgan fingerprint density at radius 2 is 1.62 bits per heavy atom. The number of amides is 2. The molecule has 2 amide bonds. The monoisotopic (exact) mass is 556 g/mol. The van der Waals surface area contributed by atoms with Gasteiger partial charge in [0.2, 0.25) is 0 Å². The molecule has 42 heavy (non-hydrogen) atoms. The maximum Gasteiger partial charge on any atom is 0.253 e. The summed E-state index contributed by atoms with van der Waals surface area (Å²) in [5.41, 5.74) is 4.79. The van der Waals surface area contributed by atoms with Crippen molar-refractivity contribution in [2.24, 2.45) is 0 Å². The van der Waals surface area contributed by atoms with Crippen LogP contribution in [0.15, 0.2) is 78.9 Å². The second kappa shape index (κ2) is 8.00. The number of likely N-dealkylation sites (N-methyl/N-ethyl adjacent to an activating group) is 1. The lowest BCUT2D eigenvalue weighted by molar-refractivity contribution is -0.257. The van der Waals surface area contributed by atoms with Gasteiger partial charge in [-0.05, 0) is 36.8 Å². The first-order valence-electron chi connectivity index (χ1n) is 14.4. The molecular weight excluding hydrogens is 528 g/mol. The first-order chi connectivity index (χ1) is 20.4. The van der Waals surface area contributed by atoms with Crippen molar-refractivity contribution in [1.82, 2.24) is 19.4 Å². The topological polar surface area (TPSA) is 88.7 Å². The molecular formula is C34H28N4O4. The average Bonchev–Trinajstić information content (AvgIpc) is 3.66. The zero-order chi connectivity index (χ0) is 28.5. The molecule has 9 rings (SSSR count). The highest BCUT2D eigenvalue weighted by atomic mass is 16.6. The highest BCUT2D eigenvalue weighted by molar-refractivity contribution is 6.31. The minimum absolute atomic E-state index is 0.0721.